The van der Waals surface area contributed by atoms with E-state index in [9.17, 15) is 23.9 Å². The number of hydrogen-bond donors (Lipinski definition) is 2. The summed E-state index contributed by atoms with van der Waals surface area (Å²) in [5.41, 5.74) is 0.875. The van der Waals surface area contributed by atoms with Crippen molar-refractivity contribution in [1.82, 2.24) is 0 Å². The standard InChI is InChI=1S/C21H22FNO4/c1-13(25)20(27)21(2,3)11-19(26)15-6-4-14(5-7-15)16-8-9-18(23-12-24)17(22)10-16/h4-10,12-13,25H,11H2,1-3H3,(H,23,24). The second kappa shape index (κ2) is 8.22. The lowest BCUT2D eigenvalue weighted by Gasteiger charge is -2.23. The van der Waals surface area contributed by atoms with E-state index < -0.39 is 17.3 Å². The Balaban J connectivity index is 2.17. The maximum atomic E-state index is 13.9. The second-order valence-corrected chi connectivity index (χ2v) is 7.06. The van der Waals surface area contributed by atoms with Crippen molar-refractivity contribution in [2.45, 2.75) is 33.3 Å². The summed E-state index contributed by atoms with van der Waals surface area (Å²) >= 11 is 0. The first-order valence-corrected chi connectivity index (χ1v) is 8.51. The Morgan fingerprint density at radius 2 is 1.74 bits per heavy atom. The van der Waals surface area contributed by atoms with Gasteiger partial charge >= 0.3 is 0 Å². The number of ketones is 2. The lowest BCUT2D eigenvalue weighted by molar-refractivity contribution is -0.134. The summed E-state index contributed by atoms with van der Waals surface area (Å²) < 4.78 is 13.9. The fourth-order valence-corrected chi connectivity index (χ4v) is 2.88. The van der Waals surface area contributed by atoms with Crippen LogP contribution in [-0.4, -0.2) is 29.2 Å². The van der Waals surface area contributed by atoms with Crippen LogP contribution < -0.4 is 5.32 Å². The number of anilines is 1. The van der Waals surface area contributed by atoms with Crippen molar-refractivity contribution in [3.8, 4) is 11.1 Å². The number of benzene rings is 2. The van der Waals surface area contributed by atoms with Gasteiger partial charge in [-0.2, -0.15) is 0 Å². The third kappa shape index (κ3) is 4.86. The van der Waals surface area contributed by atoms with Crippen molar-refractivity contribution in [1.29, 1.82) is 0 Å². The number of halogens is 1. The molecule has 0 spiro atoms. The van der Waals surface area contributed by atoms with E-state index in [0.29, 0.717) is 23.1 Å². The van der Waals surface area contributed by atoms with Crippen LogP contribution in [0.5, 0.6) is 0 Å². The van der Waals surface area contributed by atoms with Gasteiger partial charge in [-0.3, -0.25) is 14.4 Å². The van der Waals surface area contributed by atoms with Gasteiger partial charge in [-0.1, -0.05) is 44.2 Å². The van der Waals surface area contributed by atoms with Gasteiger partial charge in [0.05, 0.1) is 5.69 Å². The summed E-state index contributed by atoms with van der Waals surface area (Å²) in [6, 6.07) is 11.0. The summed E-state index contributed by atoms with van der Waals surface area (Å²) in [5, 5.41) is 11.7. The zero-order valence-electron chi connectivity index (χ0n) is 15.5. The van der Waals surface area contributed by atoms with Crippen molar-refractivity contribution in [2.75, 3.05) is 5.32 Å². The first-order valence-electron chi connectivity index (χ1n) is 8.51. The molecule has 0 aliphatic rings. The van der Waals surface area contributed by atoms with Crippen LogP contribution in [0, 0.1) is 11.2 Å². The zero-order valence-corrected chi connectivity index (χ0v) is 15.5. The van der Waals surface area contributed by atoms with Crippen LogP contribution in [0.15, 0.2) is 42.5 Å². The van der Waals surface area contributed by atoms with Gasteiger partial charge in [0.1, 0.15) is 11.9 Å². The van der Waals surface area contributed by atoms with E-state index in [1.807, 2.05) is 0 Å². The van der Waals surface area contributed by atoms with E-state index in [2.05, 4.69) is 5.32 Å². The van der Waals surface area contributed by atoms with E-state index in [0.717, 1.165) is 0 Å². The normalized spacial score (nSPS) is 12.3. The Hall–Kier alpha value is -2.86. The van der Waals surface area contributed by atoms with Crippen LogP contribution in [-0.2, 0) is 9.59 Å². The number of hydrogen-bond acceptors (Lipinski definition) is 4. The average molecular weight is 371 g/mol. The molecule has 0 aromatic heterocycles. The highest BCUT2D eigenvalue weighted by atomic mass is 19.1. The molecule has 0 saturated carbocycles. The Morgan fingerprint density at radius 3 is 2.26 bits per heavy atom. The minimum Gasteiger partial charge on any atom is -0.386 e. The molecule has 0 aliphatic carbocycles. The largest absolute Gasteiger partial charge is 0.386 e. The molecule has 27 heavy (non-hydrogen) atoms. The molecule has 5 nitrogen and oxygen atoms in total. The molecule has 1 amide bonds. The molecule has 1 unspecified atom stereocenters. The number of aliphatic hydroxyl groups is 1. The van der Waals surface area contributed by atoms with Gasteiger partial charge in [0.15, 0.2) is 11.6 Å². The molecule has 142 valence electrons. The summed E-state index contributed by atoms with van der Waals surface area (Å²) in [6.07, 6.45) is -0.735. The minimum absolute atomic E-state index is 0.0171. The number of carbonyl (C=O) groups is 3. The van der Waals surface area contributed by atoms with Crippen molar-refractivity contribution in [3.05, 3.63) is 53.8 Å². The van der Waals surface area contributed by atoms with Gasteiger partial charge in [-0.15, -0.1) is 0 Å². The van der Waals surface area contributed by atoms with Crippen LogP contribution in [0.4, 0.5) is 10.1 Å². The predicted molar refractivity (Wildman–Crippen MR) is 101 cm³/mol. The molecular formula is C21H22FNO4. The molecule has 0 radical (unpaired) electrons. The number of rotatable bonds is 8. The van der Waals surface area contributed by atoms with E-state index >= 15 is 0 Å². The van der Waals surface area contributed by atoms with Crippen LogP contribution in [0.2, 0.25) is 0 Å². The molecule has 2 rings (SSSR count). The molecule has 2 N–H and O–H groups in total. The molecule has 2 aromatic rings. The fourth-order valence-electron chi connectivity index (χ4n) is 2.88. The highest BCUT2D eigenvalue weighted by Gasteiger charge is 2.33. The van der Waals surface area contributed by atoms with Crippen molar-refractivity contribution in [2.24, 2.45) is 5.41 Å². The van der Waals surface area contributed by atoms with E-state index in [-0.39, 0.29) is 23.7 Å². The number of Topliss-reactive ketones (excluding diaryl/α,β-unsaturated/α-hetero) is 2. The summed E-state index contributed by atoms with van der Waals surface area (Å²) in [5.74, 6) is -1.15. The summed E-state index contributed by atoms with van der Waals surface area (Å²) in [7, 11) is 0. The maximum absolute atomic E-state index is 13.9. The van der Waals surface area contributed by atoms with Gasteiger partial charge in [0.25, 0.3) is 0 Å². The lowest BCUT2D eigenvalue weighted by Crippen LogP contribution is -2.34. The van der Waals surface area contributed by atoms with E-state index in [1.165, 1.54) is 19.1 Å². The molecular weight excluding hydrogens is 349 g/mol. The Labute approximate surface area is 157 Å². The predicted octanol–water partition coefficient (Wildman–Crippen LogP) is 3.61. The smallest absolute Gasteiger partial charge is 0.211 e. The van der Waals surface area contributed by atoms with Crippen molar-refractivity contribution in [3.63, 3.8) is 0 Å². The second-order valence-electron chi connectivity index (χ2n) is 7.06. The molecule has 0 heterocycles. The SMILES string of the molecule is CC(O)C(=O)C(C)(C)CC(=O)c1ccc(-c2ccc(NC=O)c(F)c2)cc1. The van der Waals surface area contributed by atoms with Crippen LogP contribution in [0.3, 0.4) is 0 Å². The molecule has 0 aliphatic heterocycles. The third-order valence-electron chi connectivity index (χ3n) is 4.37. The molecule has 0 fully saturated rings. The van der Waals surface area contributed by atoms with Gasteiger partial charge in [0, 0.05) is 17.4 Å². The van der Waals surface area contributed by atoms with Gasteiger partial charge in [-0.25, -0.2) is 4.39 Å². The fraction of sp³-hybridized carbons (Fsp3) is 0.286. The Kier molecular flexibility index (Phi) is 6.23. The van der Waals surface area contributed by atoms with Gasteiger partial charge < -0.3 is 10.4 Å². The molecule has 0 bridgehead atoms. The first-order chi connectivity index (χ1) is 12.7. The van der Waals surface area contributed by atoms with Crippen LogP contribution >= 0.6 is 0 Å². The zero-order chi connectivity index (χ0) is 20.2. The van der Waals surface area contributed by atoms with E-state index in [4.69, 9.17) is 0 Å². The minimum atomic E-state index is -1.12. The van der Waals surface area contributed by atoms with Crippen LogP contribution in [0.25, 0.3) is 11.1 Å². The highest BCUT2D eigenvalue weighted by molar-refractivity contribution is 6.01. The summed E-state index contributed by atoms with van der Waals surface area (Å²) in [4.78, 5) is 34.9. The topological polar surface area (TPSA) is 83.5 Å². The monoisotopic (exact) mass is 371 g/mol. The van der Waals surface area contributed by atoms with E-state index in [1.54, 1.807) is 44.2 Å². The highest BCUT2D eigenvalue weighted by Crippen LogP contribution is 2.28. The first kappa shape index (κ1) is 20.5. The Bertz CT molecular complexity index is 857. The Morgan fingerprint density at radius 1 is 1.15 bits per heavy atom. The van der Waals surface area contributed by atoms with Crippen molar-refractivity contribution < 1.29 is 23.9 Å². The van der Waals surface area contributed by atoms with Gasteiger partial charge in [0.2, 0.25) is 6.41 Å². The number of carbonyl (C=O) groups excluding carboxylic acids is 3. The van der Waals surface area contributed by atoms with Crippen LogP contribution in [0.1, 0.15) is 37.6 Å². The number of amides is 1. The number of nitrogens with one attached hydrogen (secondary N) is 1. The lowest BCUT2D eigenvalue weighted by atomic mass is 9.79. The maximum Gasteiger partial charge on any atom is 0.211 e. The number of aliphatic hydroxyl groups excluding tert-OH is 1. The third-order valence-corrected chi connectivity index (χ3v) is 4.37. The molecule has 2 aromatic carbocycles. The quantitative estimate of drug-likeness (QED) is 0.548. The van der Waals surface area contributed by atoms with Crippen molar-refractivity contribution >= 4 is 23.7 Å². The molecule has 1 atom stereocenters. The molecule has 0 saturated heterocycles. The van der Waals surface area contributed by atoms with Gasteiger partial charge in [-0.05, 0) is 30.2 Å². The average Bonchev–Trinajstić information content (AvgIpc) is 2.62. The molecule has 6 heteroatoms. The summed E-state index contributed by atoms with van der Waals surface area (Å²) in [6.45, 7) is 4.65.